The number of rotatable bonds is 5. The lowest BCUT2D eigenvalue weighted by molar-refractivity contribution is -0.122. The Bertz CT molecular complexity index is 612. The van der Waals surface area contributed by atoms with Gasteiger partial charge < -0.3 is 15.1 Å². The monoisotopic (exact) mass is 363 g/mol. The molecule has 1 saturated carbocycles. The van der Waals surface area contributed by atoms with E-state index >= 15 is 0 Å². The average molecular weight is 364 g/mol. The molecule has 0 unspecified atom stereocenters. The van der Waals surface area contributed by atoms with Crippen LogP contribution in [0.25, 0.3) is 0 Å². The van der Waals surface area contributed by atoms with Crippen molar-refractivity contribution in [3.63, 3.8) is 0 Å². The number of amides is 3. The second-order valence-corrected chi connectivity index (χ2v) is 7.71. The first-order chi connectivity index (χ1) is 12.0. The molecule has 0 radical (unpaired) electrons. The SMILES string of the molecule is CC1CCC(NC(=O)CN2CCN(Cc3ccc(Cl)cc3)C2=O)CC1. The number of hydrogen-bond donors (Lipinski definition) is 1. The van der Waals surface area contributed by atoms with Gasteiger partial charge in [0.2, 0.25) is 5.91 Å². The quantitative estimate of drug-likeness (QED) is 0.872. The maximum atomic E-state index is 12.5. The van der Waals surface area contributed by atoms with E-state index in [0.29, 0.717) is 24.7 Å². The summed E-state index contributed by atoms with van der Waals surface area (Å²) in [5.74, 6) is 0.719. The van der Waals surface area contributed by atoms with Crippen LogP contribution in [0, 0.1) is 5.92 Å². The van der Waals surface area contributed by atoms with E-state index in [2.05, 4.69) is 12.2 Å². The fraction of sp³-hybridized carbons (Fsp3) is 0.579. The summed E-state index contributed by atoms with van der Waals surface area (Å²) < 4.78 is 0. The van der Waals surface area contributed by atoms with Gasteiger partial charge in [-0.1, -0.05) is 30.7 Å². The Morgan fingerprint density at radius 2 is 1.76 bits per heavy atom. The second-order valence-electron chi connectivity index (χ2n) is 7.28. The van der Waals surface area contributed by atoms with Crippen molar-refractivity contribution < 1.29 is 9.59 Å². The molecule has 1 aromatic rings. The summed E-state index contributed by atoms with van der Waals surface area (Å²) in [6, 6.07) is 7.71. The Balaban J connectivity index is 1.46. The van der Waals surface area contributed by atoms with Crippen molar-refractivity contribution in [2.24, 2.45) is 5.92 Å². The molecule has 0 spiro atoms. The highest BCUT2D eigenvalue weighted by molar-refractivity contribution is 6.30. The van der Waals surface area contributed by atoms with Crippen LogP contribution in [0.3, 0.4) is 0 Å². The molecule has 1 aliphatic carbocycles. The lowest BCUT2D eigenvalue weighted by Gasteiger charge is -2.27. The van der Waals surface area contributed by atoms with Crippen LogP contribution in [0.1, 0.15) is 38.2 Å². The Labute approximate surface area is 154 Å². The van der Waals surface area contributed by atoms with Gasteiger partial charge in [0, 0.05) is 30.7 Å². The molecule has 3 rings (SSSR count). The Hall–Kier alpha value is -1.75. The van der Waals surface area contributed by atoms with Crippen LogP contribution >= 0.6 is 11.6 Å². The number of carbonyl (C=O) groups excluding carboxylic acids is 2. The van der Waals surface area contributed by atoms with Crippen LogP contribution in [0.4, 0.5) is 4.79 Å². The van der Waals surface area contributed by atoms with Crippen LogP contribution in [-0.2, 0) is 11.3 Å². The number of benzene rings is 1. The third-order valence-electron chi connectivity index (χ3n) is 5.18. The largest absolute Gasteiger partial charge is 0.352 e. The van der Waals surface area contributed by atoms with Crippen molar-refractivity contribution in [2.45, 2.75) is 45.2 Å². The van der Waals surface area contributed by atoms with Crippen LogP contribution in [0.2, 0.25) is 5.02 Å². The van der Waals surface area contributed by atoms with Gasteiger partial charge in [0.15, 0.2) is 0 Å². The van der Waals surface area contributed by atoms with Gasteiger partial charge in [-0.3, -0.25) is 4.79 Å². The summed E-state index contributed by atoms with van der Waals surface area (Å²) in [5, 5.41) is 3.78. The van der Waals surface area contributed by atoms with Gasteiger partial charge in [-0.05, 0) is 49.3 Å². The van der Waals surface area contributed by atoms with Crippen molar-refractivity contribution in [1.82, 2.24) is 15.1 Å². The first kappa shape index (κ1) is 18.1. The van der Waals surface area contributed by atoms with E-state index in [1.807, 2.05) is 24.3 Å². The summed E-state index contributed by atoms with van der Waals surface area (Å²) in [6.45, 7) is 4.21. The van der Waals surface area contributed by atoms with Gasteiger partial charge in [0.1, 0.15) is 6.54 Å². The van der Waals surface area contributed by atoms with Gasteiger partial charge in [-0.2, -0.15) is 0 Å². The summed E-state index contributed by atoms with van der Waals surface area (Å²) >= 11 is 5.89. The van der Waals surface area contributed by atoms with Gasteiger partial charge >= 0.3 is 6.03 Å². The van der Waals surface area contributed by atoms with E-state index in [4.69, 9.17) is 11.6 Å². The third kappa shape index (κ3) is 4.88. The Kier molecular flexibility index (Phi) is 5.84. The molecule has 0 atom stereocenters. The molecule has 25 heavy (non-hydrogen) atoms. The summed E-state index contributed by atoms with van der Waals surface area (Å²) in [7, 11) is 0. The molecule has 6 heteroatoms. The minimum Gasteiger partial charge on any atom is -0.352 e. The van der Waals surface area contributed by atoms with E-state index in [0.717, 1.165) is 24.3 Å². The topological polar surface area (TPSA) is 52.7 Å². The number of nitrogens with one attached hydrogen (secondary N) is 1. The standard InChI is InChI=1S/C19H26ClN3O2/c1-14-2-8-17(9-3-14)21-18(24)13-23-11-10-22(19(23)25)12-15-4-6-16(20)7-5-15/h4-7,14,17H,2-3,8-13H2,1H3,(H,21,24). The fourth-order valence-electron chi connectivity index (χ4n) is 3.59. The van der Waals surface area contributed by atoms with E-state index < -0.39 is 0 Å². The molecule has 1 aliphatic heterocycles. The first-order valence-electron chi connectivity index (χ1n) is 9.09. The minimum atomic E-state index is -0.0673. The lowest BCUT2D eigenvalue weighted by atomic mass is 9.87. The van der Waals surface area contributed by atoms with Crippen LogP contribution < -0.4 is 5.32 Å². The molecule has 3 amide bonds. The highest BCUT2D eigenvalue weighted by atomic mass is 35.5. The molecule has 5 nitrogen and oxygen atoms in total. The molecule has 136 valence electrons. The van der Waals surface area contributed by atoms with Crippen molar-refractivity contribution >= 4 is 23.5 Å². The van der Waals surface area contributed by atoms with Gasteiger partial charge in [0.25, 0.3) is 0 Å². The fourth-order valence-corrected chi connectivity index (χ4v) is 3.71. The van der Waals surface area contributed by atoms with E-state index in [1.165, 1.54) is 12.8 Å². The highest BCUT2D eigenvalue weighted by Crippen LogP contribution is 2.23. The normalized spacial score (nSPS) is 23.8. The maximum absolute atomic E-state index is 12.5. The Morgan fingerprint density at radius 1 is 1.12 bits per heavy atom. The highest BCUT2D eigenvalue weighted by Gasteiger charge is 2.30. The number of urea groups is 1. The molecule has 1 aromatic carbocycles. The molecular formula is C19H26ClN3O2. The molecule has 1 heterocycles. The number of carbonyl (C=O) groups is 2. The van der Waals surface area contributed by atoms with Crippen molar-refractivity contribution in [3.05, 3.63) is 34.9 Å². The van der Waals surface area contributed by atoms with Crippen molar-refractivity contribution in [3.8, 4) is 0 Å². The van der Waals surface area contributed by atoms with E-state index in [1.54, 1.807) is 9.80 Å². The molecule has 1 saturated heterocycles. The maximum Gasteiger partial charge on any atom is 0.320 e. The molecule has 0 bridgehead atoms. The number of nitrogens with zero attached hydrogens (tertiary/aromatic N) is 2. The second kappa shape index (κ2) is 8.09. The molecule has 2 fully saturated rings. The number of halogens is 1. The third-order valence-corrected chi connectivity index (χ3v) is 5.43. The number of hydrogen-bond acceptors (Lipinski definition) is 2. The molecular weight excluding hydrogens is 338 g/mol. The van der Waals surface area contributed by atoms with Gasteiger partial charge in [-0.15, -0.1) is 0 Å². The van der Waals surface area contributed by atoms with Crippen molar-refractivity contribution in [2.75, 3.05) is 19.6 Å². The van der Waals surface area contributed by atoms with Crippen molar-refractivity contribution in [1.29, 1.82) is 0 Å². The molecule has 0 aromatic heterocycles. The average Bonchev–Trinajstić information content (AvgIpc) is 2.92. The molecule has 2 aliphatic rings. The summed E-state index contributed by atoms with van der Waals surface area (Å²) in [5.41, 5.74) is 1.04. The van der Waals surface area contributed by atoms with Crippen LogP contribution in [-0.4, -0.2) is 47.4 Å². The zero-order valence-electron chi connectivity index (χ0n) is 14.7. The smallest absolute Gasteiger partial charge is 0.320 e. The van der Waals surface area contributed by atoms with Crippen LogP contribution in [0.15, 0.2) is 24.3 Å². The van der Waals surface area contributed by atoms with E-state index in [9.17, 15) is 9.59 Å². The Morgan fingerprint density at radius 3 is 2.44 bits per heavy atom. The molecule has 1 N–H and O–H groups in total. The zero-order chi connectivity index (χ0) is 17.8. The zero-order valence-corrected chi connectivity index (χ0v) is 15.5. The summed E-state index contributed by atoms with van der Waals surface area (Å²) in [4.78, 5) is 28.2. The first-order valence-corrected chi connectivity index (χ1v) is 9.46. The van der Waals surface area contributed by atoms with Gasteiger partial charge in [0.05, 0.1) is 0 Å². The predicted octanol–water partition coefficient (Wildman–Crippen LogP) is 3.27. The van der Waals surface area contributed by atoms with Gasteiger partial charge in [-0.25, -0.2) is 4.79 Å². The van der Waals surface area contributed by atoms with E-state index in [-0.39, 0.29) is 24.5 Å². The minimum absolute atomic E-state index is 0.0405. The predicted molar refractivity (Wildman–Crippen MR) is 98.4 cm³/mol. The van der Waals surface area contributed by atoms with Crippen LogP contribution in [0.5, 0.6) is 0 Å². The summed E-state index contributed by atoms with van der Waals surface area (Å²) in [6.07, 6.45) is 4.43. The lowest BCUT2D eigenvalue weighted by Crippen LogP contribution is -2.44.